The lowest BCUT2D eigenvalue weighted by Gasteiger charge is -2.18. The number of carbonyl (C=O) groups is 1. The van der Waals surface area contributed by atoms with Gasteiger partial charge in [-0.15, -0.1) is 0 Å². The maximum Gasteiger partial charge on any atom is 0.373 e. The summed E-state index contributed by atoms with van der Waals surface area (Å²) >= 11 is 0. The Balaban J connectivity index is 1.70. The minimum atomic E-state index is -0.447. The number of carbonyl (C=O) groups excluding carboxylic acids is 1. The summed E-state index contributed by atoms with van der Waals surface area (Å²) in [5.74, 6) is 2.81. The molecule has 0 spiro atoms. The molecule has 4 nitrogen and oxygen atoms in total. The van der Waals surface area contributed by atoms with Crippen molar-refractivity contribution in [2.45, 2.75) is 25.3 Å². The molecule has 0 aliphatic heterocycles. The summed E-state index contributed by atoms with van der Waals surface area (Å²) in [7, 11) is 1.34. The SMILES string of the molecule is COC(=O)c1ccc(C(N)C2CC3CC3C2)o1. The van der Waals surface area contributed by atoms with Crippen LogP contribution in [0.5, 0.6) is 0 Å². The molecule has 1 heterocycles. The number of furan rings is 1. The first-order valence-corrected chi connectivity index (χ1v) is 6.12. The minimum Gasteiger partial charge on any atom is -0.463 e. The van der Waals surface area contributed by atoms with Crippen LogP contribution in [-0.4, -0.2) is 13.1 Å². The van der Waals surface area contributed by atoms with E-state index in [1.54, 1.807) is 12.1 Å². The Morgan fingerprint density at radius 1 is 1.41 bits per heavy atom. The fourth-order valence-corrected chi connectivity index (χ4v) is 3.03. The average molecular weight is 235 g/mol. The highest BCUT2D eigenvalue weighted by atomic mass is 16.5. The van der Waals surface area contributed by atoms with Gasteiger partial charge in [0.15, 0.2) is 0 Å². The summed E-state index contributed by atoms with van der Waals surface area (Å²) in [5, 5.41) is 0. The number of ether oxygens (including phenoxy) is 1. The summed E-state index contributed by atoms with van der Waals surface area (Å²) in [4.78, 5) is 11.3. The van der Waals surface area contributed by atoms with Gasteiger partial charge in [-0.1, -0.05) is 0 Å². The molecular formula is C13H17NO3. The smallest absolute Gasteiger partial charge is 0.373 e. The maximum absolute atomic E-state index is 11.3. The lowest BCUT2D eigenvalue weighted by atomic mass is 9.93. The second-order valence-electron chi connectivity index (χ2n) is 5.21. The van der Waals surface area contributed by atoms with Crippen LogP contribution in [-0.2, 0) is 4.74 Å². The lowest BCUT2D eigenvalue weighted by Crippen LogP contribution is -2.19. The van der Waals surface area contributed by atoms with Crippen LogP contribution in [0.25, 0.3) is 0 Å². The van der Waals surface area contributed by atoms with E-state index in [4.69, 9.17) is 10.2 Å². The third-order valence-corrected chi connectivity index (χ3v) is 4.13. The van der Waals surface area contributed by atoms with Gasteiger partial charge >= 0.3 is 5.97 Å². The second-order valence-corrected chi connectivity index (χ2v) is 5.21. The van der Waals surface area contributed by atoms with E-state index in [1.807, 2.05) is 0 Å². The van der Waals surface area contributed by atoms with Crippen molar-refractivity contribution in [2.24, 2.45) is 23.5 Å². The number of fused-ring (bicyclic) bond motifs is 1. The Bertz CT molecular complexity index is 430. The van der Waals surface area contributed by atoms with Crippen LogP contribution in [0.2, 0.25) is 0 Å². The van der Waals surface area contributed by atoms with Crippen molar-refractivity contribution in [2.75, 3.05) is 7.11 Å². The molecule has 0 aromatic carbocycles. The quantitative estimate of drug-likeness (QED) is 0.815. The third-order valence-electron chi connectivity index (χ3n) is 4.13. The van der Waals surface area contributed by atoms with Crippen LogP contribution in [0, 0.1) is 17.8 Å². The van der Waals surface area contributed by atoms with Gasteiger partial charge in [-0.05, 0) is 49.1 Å². The summed E-state index contributed by atoms with van der Waals surface area (Å²) < 4.78 is 10.1. The zero-order chi connectivity index (χ0) is 12.0. The molecule has 1 aromatic rings. The van der Waals surface area contributed by atoms with Crippen LogP contribution >= 0.6 is 0 Å². The molecule has 3 rings (SSSR count). The van der Waals surface area contributed by atoms with Crippen LogP contribution in [0.4, 0.5) is 0 Å². The summed E-state index contributed by atoms with van der Waals surface area (Å²) in [5.41, 5.74) is 6.19. The molecule has 2 N–H and O–H groups in total. The fourth-order valence-electron chi connectivity index (χ4n) is 3.03. The molecule has 0 bridgehead atoms. The van der Waals surface area contributed by atoms with E-state index in [0.29, 0.717) is 11.7 Å². The van der Waals surface area contributed by atoms with Gasteiger partial charge in [0.05, 0.1) is 13.2 Å². The normalized spacial score (nSPS) is 32.0. The van der Waals surface area contributed by atoms with Crippen LogP contribution in [0.1, 0.15) is 41.6 Å². The van der Waals surface area contributed by atoms with Crippen molar-refractivity contribution in [3.8, 4) is 0 Å². The monoisotopic (exact) mass is 235 g/mol. The Hall–Kier alpha value is -1.29. The molecule has 1 aromatic heterocycles. The Kier molecular flexibility index (Phi) is 2.47. The van der Waals surface area contributed by atoms with Gasteiger partial charge in [0, 0.05) is 0 Å². The number of hydrogen-bond acceptors (Lipinski definition) is 4. The topological polar surface area (TPSA) is 65.5 Å². The highest BCUT2D eigenvalue weighted by Gasteiger charge is 2.47. The maximum atomic E-state index is 11.3. The van der Waals surface area contributed by atoms with Crippen molar-refractivity contribution in [3.05, 3.63) is 23.7 Å². The van der Waals surface area contributed by atoms with Crippen LogP contribution in [0.3, 0.4) is 0 Å². The van der Waals surface area contributed by atoms with Crippen LogP contribution in [0.15, 0.2) is 16.5 Å². The molecule has 0 saturated heterocycles. The Morgan fingerprint density at radius 2 is 2.12 bits per heavy atom. The first kappa shape index (κ1) is 10.8. The van der Waals surface area contributed by atoms with Crippen molar-refractivity contribution in [1.29, 1.82) is 0 Å². The number of rotatable bonds is 3. The number of methoxy groups -OCH3 is 1. The fraction of sp³-hybridized carbons (Fsp3) is 0.615. The van der Waals surface area contributed by atoms with E-state index in [2.05, 4.69) is 4.74 Å². The largest absolute Gasteiger partial charge is 0.463 e. The number of nitrogens with two attached hydrogens (primary N) is 1. The molecule has 0 amide bonds. The van der Waals surface area contributed by atoms with Crippen molar-refractivity contribution in [1.82, 2.24) is 0 Å². The third kappa shape index (κ3) is 1.86. The van der Waals surface area contributed by atoms with Crippen molar-refractivity contribution < 1.29 is 13.9 Å². The van der Waals surface area contributed by atoms with Crippen molar-refractivity contribution in [3.63, 3.8) is 0 Å². The first-order valence-electron chi connectivity index (χ1n) is 6.12. The Morgan fingerprint density at radius 3 is 2.76 bits per heavy atom. The zero-order valence-corrected chi connectivity index (χ0v) is 9.89. The molecular weight excluding hydrogens is 218 g/mol. The summed E-state index contributed by atoms with van der Waals surface area (Å²) in [6.45, 7) is 0. The predicted octanol–water partition coefficient (Wildman–Crippen LogP) is 2.11. The first-order chi connectivity index (χ1) is 8.19. The number of esters is 1. The molecule has 2 saturated carbocycles. The molecule has 3 atom stereocenters. The van der Waals surface area contributed by atoms with E-state index in [9.17, 15) is 4.79 Å². The lowest BCUT2D eigenvalue weighted by molar-refractivity contribution is 0.0561. The highest BCUT2D eigenvalue weighted by Crippen LogP contribution is 2.56. The Labute approximate surface area is 100 Å². The van der Waals surface area contributed by atoms with Gasteiger partial charge in [0.25, 0.3) is 0 Å². The summed E-state index contributed by atoms with van der Waals surface area (Å²) in [6, 6.07) is 3.35. The molecule has 2 fully saturated rings. The zero-order valence-electron chi connectivity index (χ0n) is 9.89. The van der Waals surface area contributed by atoms with Gasteiger partial charge in [-0.3, -0.25) is 0 Å². The molecule has 2 aliphatic carbocycles. The van der Waals surface area contributed by atoms with Crippen molar-refractivity contribution >= 4 is 5.97 Å². The van der Waals surface area contributed by atoms with E-state index in [0.717, 1.165) is 11.8 Å². The highest BCUT2D eigenvalue weighted by molar-refractivity contribution is 5.86. The van der Waals surface area contributed by atoms with E-state index in [-0.39, 0.29) is 11.8 Å². The summed E-state index contributed by atoms with van der Waals surface area (Å²) in [6.07, 6.45) is 3.80. The molecule has 92 valence electrons. The van der Waals surface area contributed by atoms with E-state index in [1.165, 1.54) is 26.4 Å². The molecule has 3 unspecified atom stereocenters. The standard InChI is InChI=1S/C13H17NO3/c1-16-13(15)11-3-2-10(17-11)12(14)9-5-7-4-8(7)6-9/h2-3,7-9,12H,4-6,14H2,1H3. The van der Waals surface area contributed by atoms with E-state index < -0.39 is 5.97 Å². The van der Waals surface area contributed by atoms with Crippen LogP contribution < -0.4 is 5.73 Å². The van der Waals surface area contributed by atoms with Gasteiger partial charge in [0.1, 0.15) is 5.76 Å². The van der Waals surface area contributed by atoms with E-state index >= 15 is 0 Å². The van der Waals surface area contributed by atoms with Gasteiger partial charge in [-0.2, -0.15) is 0 Å². The number of hydrogen-bond donors (Lipinski definition) is 1. The molecule has 2 aliphatic rings. The molecule has 0 radical (unpaired) electrons. The second kappa shape index (κ2) is 3.88. The predicted molar refractivity (Wildman–Crippen MR) is 61.3 cm³/mol. The van der Waals surface area contributed by atoms with Gasteiger partial charge in [-0.25, -0.2) is 4.79 Å². The molecule has 17 heavy (non-hydrogen) atoms. The van der Waals surface area contributed by atoms with Gasteiger partial charge < -0.3 is 14.9 Å². The van der Waals surface area contributed by atoms with Gasteiger partial charge in [0.2, 0.25) is 5.76 Å². The molecule has 4 heteroatoms. The minimum absolute atomic E-state index is 0.0822. The average Bonchev–Trinajstić information content (AvgIpc) is 2.82.